The number of carbonyl (C=O) groups excluding carboxylic acids is 1. The second kappa shape index (κ2) is 18.9. The minimum Gasteiger partial charge on any atom is -0.340 e. The molecule has 0 saturated carbocycles. The second-order valence-corrected chi connectivity index (χ2v) is 10.6. The monoisotopic (exact) mass is 490 g/mol. The number of unbranched alkanes of at least 4 members (excludes halogenated alkanes) is 1. The summed E-state index contributed by atoms with van der Waals surface area (Å²) >= 11 is 5.76. The highest BCUT2D eigenvalue weighted by Gasteiger charge is 2.19. The molecule has 194 valence electrons. The number of alkyl halides is 1. The van der Waals surface area contributed by atoms with Crippen LogP contribution in [0, 0.1) is 0 Å². The molecule has 0 spiro atoms. The maximum atomic E-state index is 12.5. The number of carbonyl (C=O) groups is 1. The van der Waals surface area contributed by atoms with Crippen molar-refractivity contribution in [2.24, 2.45) is 0 Å². The average Bonchev–Trinajstić information content (AvgIpc) is 2.79. The van der Waals surface area contributed by atoms with Crippen LogP contribution in [0.4, 0.5) is 0 Å². The van der Waals surface area contributed by atoms with Gasteiger partial charge in [-0.05, 0) is 99.0 Å². The lowest BCUT2D eigenvalue weighted by molar-refractivity contribution is -0.132. The highest BCUT2D eigenvalue weighted by Crippen LogP contribution is 2.14. The topological polar surface area (TPSA) is 23.6 Å². The molecule has 34 heavy (non-hydrogen) atoms. The van der Waals surface area contributed by atoms with Gasteiger partial charge in [-0.25, -0.2) is 0 Å². The van der Waals surface area contributed by atoms with E-state index in [0.717, 1.165) is 90.0 Å². The Kier molecular flexibility index (Phi) is 17.1. The zero-order valence-electron chi connectivity index (χ0n) is 22.8. The van der Waals surface area contributed by atoms with Gasteiger partial charge in [-0.3, -0.25) is 9.69 Å². The Balaban J connectivity index is 2.19. The number of rotatable bonds is 16. The standard InChI is InChI=1S/C30H51ClN2O/c1-26(2)12-8-13-27(3)14-9-15-28(4)16-10-17-29(5)18-11-19-30(34)33-24-22-32(23-25-33)21-7-6-20-31/h12,14,16,18H,6-11,13,15,17,19-25H2,1-5H3/b27-14+,28-16?,29-18+. The van der Waals surface area contributed by atoms with Crippen LogP contribution in [-0.2, 0) is 4.79 Å². The van der Waals surface area contributed by atoms with Crippen molar-refractivity contribution in [2.75, 3.05) is 38.6 Å². The van der Waals surface area contributed by atoms with Gasteiger partial charge < -0.3 is 4.90 Å². The molecular weight excluding hydrogens is 440 g/mol. The fraction of sp³-hybridized carbons (Fsp3) is 0.700. The van der Waals surface area contributed by atoms with Crippen LogP contribution in [-0.4, -0.2) is 54.3 Å². The fourth-order valence-electron chi connectivity index (χ4n) is 4.24. The van der Waals surface area contributed by atoms with E-state index in [4.69, 9.17) is 11.6 Å². The molecule has 0 aromatic carbocycles. The lowest BCUT2D eigenvalue weighted by Gasteiger charge is -2.34. The summed E-state index contributed by atoms with van der Waals surface area (Å²) in [4.78, 5) is 17.0. The quantitative estimate of drug-likeness (QED) is 0.124. The van der Waals surface area contributed by atoms with E-state index in [0.29, 0.717) is 12.3 Å². The lowest BCUT2D eigenvalue weighted by atomic mass is 10.0. The van der Waals surface area contributed by atoms with E-state index in [2.05, 4.69) is 63.8 Å². The summed E-state index contributed by atoms with van der Waals surface area (Å²) in [5.74, 6) is 1.06. The molecule has 1 heterocycles. The largest absolute Gasteiger partial charge is 0.340 e. The summed E-state index contributed by atoms with van der Waals surface area (Å²) in [7, 11) is 0. The summed E-state index contributed by atoms with van der Waals surface area (Å²) in [6, 6.07) is 0. The van der Waals surface area contributed by atoms with Crippen LogP contribution < -0.4 is 0 Å². The lowest BCUT2D eigenvalue weighted by Crippen LogP contribution is -2.48. The molecule has 1 amide bonds. The molecule has 1 rings (SSSR count). The van der Waals surface area contributed by atoms with Crippen LogP contribution in [0.15, 0.2) is 46.6 Å². The summed E-state index contributed by atoms with van der Waals surface area (Å²) < 4.78 is 0. The molecule has 0 bridgehead atoms. The summed E-state index contributed by atoms with van der Waals surface area (Å²) in [5, 5.41) is 0. The molecule has 1 aliphatic rings. The SMILES string of the molecule is CC(C)=CCC/C(C)=C/CCC(C)=CCC/C(C)=C/CCC(=O)N1CCN(CCCCCl)CC1. The van der Waals surface area contributed by atoms with Gasteiger partial charge in [-0.1, -0.05) is 46.6 Å². The predicted molar refractivity (Wildman–Crippen MR) is 151 cm³/mol. The molecule has 0 aromatic heterocycles. The first-order valence-electron chi connectivity index (χ1n) is 13.5. The van der Waals surface area contributed by atoms with Gasteiger partial charge in [0.05, 0.1) is 0 Å². The predicted octanol–water partition coefficient (Wildman–Crippen LogP) is 8.08. The third kappa shape index (κ3) is 15.6. The van der Waals surface area contributed by atoms with E-state index in [9.17, 15) is 4.79 Å². The number of halogens is 1. The van der Waals surface area contributed by atoms with Gasteiger partial charge in [-0.2, -0.15) is 0 Å². The number of hydrogen-bond donors (Lipinski definition) is 0. The van der Waals surface area contributed by atoms with Crippen molar-refractivity contribution >= 4 is 17.5 Å². The van der Waals surface area contributed by atoms with Crippen LogP contribution in [0.5, 0.6) is 0 Å². The van der Waals surface area contributed by atoms with Crippen molar-refractivity contribution in [3.8, 4) is 0 Å². The average molecular weight is 491 g/mol. The first-order valence-corrected chi connectivity index (χ1v) is 14.0. The molecule has 3 nitrogen and oxygen atoms in total. The van der Waals surface area contributed by atoms with E-state index >= 15 is 0 Å². The van der Waals surface area contributed by atoms with Crippen LogP contribution >= 0.6 is 11.6 Å². The Morgan fingerprint density at radius 2 is 1.15 bits per heavy atom. The minimum absolute atomic E-state index is 0.310. The van der Waals surface area contributed by atoms with Gasteiger partial charge in [0.25, 0.3) is 0 Å². The first kappa shape index (κ1) is 30.7. The number of nitrogens with zero attached hydrogens (tertiary/aromatic N) is 2. The Bertz CT molecular complexity index is 693. The van der Waals surface area contributed by atoms with Gasteiger partial charge in [0.2, 0.25) is 5.91 Å². The van der Waals surface area contributed by atoms with Crippen LogP contribution in [0.25, 0.3) is 0 Å². The van der Waals surface area contributed by atoms with Crippen molar-refractivity contribution in [1.29, 1.82) is 0 Å². The van der Waals surface area contributed by atoms with Gasteiger partial charge in [0.15, 0.2) is 0 Å². The van der Waals surface area contributed by atoms with Crippen molar-refractivity contribution in [3.63, 3.8) is 0 Å². The summed E-state index contributed by atoms with van der Waals surface area (Å²) in [6.45, 7) is 15.9. The van der Waals surface area contributed by atoms with E-state index in [1.807, 2.05) is 4.90 Å². The van der Waals surface area contributed by atoms with Crippen molar-refractivity contribution in [3.05, 3.63) is 46.6 Å². The van der Waals surface area contributed by atoms with Gasteiger partial charge in [0, 0.05) is 38.5 Å². The van der Waals surface area contributed by atoms with Crippen molar-refractivity contribution in [2.45, 2.75) is 98.8 Å². The molecule has 1 aliphatic heterocycles. The molecule has 0 N–H and O–H groups in total. The highest BCUT2D eigenvalue weighted by atomic mass is 35.5. The molecule has 1 fully saturated rings. The van der Waals surface area contributed by atoms with E-state index in [-0.39, 0.29) is 0 Å². The van der Waals surface area contributed by atoms with Crippen LogP contribution in [0.1, 0.15) is 98.8 Å². The Labute approximate surface area is 216 Å². The van der Waals surface area contributed by atoms with E-state index in [1.54, 1.807) is 0 Å². The number of amides is 1. The van der Waals surface area contributed by atoms with E-state index < -0.39 is 0 Å². The van der Waals surface area contributed by atoms with E-state index in [1.165, 1.54) is 28.7 Å². The van der Waals surface area contributed by atoms with Gasteiger partial charge in [0.1, 0.15) is 0 Å². The normalized spacial score (nSPS) is 16.2. The molecule has 0 atom stereocenters. The molecular formula is C30H51ClN2O. The molecule has 0 radical (unpaired) electrons. The second-order valence-electron chi connectivity index (χ2n) is 10.2. The summed E-state index contributed by atoms with van der Waals surface area (Å²) in [5.41, 5.74) is 5.79. The van der Waals surface area contributed by atoms with Crippen LogP contribution in [0.3, 0.4) is 0 Å². The number of allylic oxidation sites excluding steroid dienone is 8. The Morgan fingerprint density at radius 3 is 1.62 bits per heavy atom. The van der Waals surface area contributed by atoms with Gasteiger partial charge >= 0.3 is 0 Å². The summed E-state index contributed by atoms with van der Waals surface area (Å²) in [6.07, 6.45) is 19.9. The number of piperazine rings is 1. The maximum absolute atomic E-state index is 12.5. The molecule has 0 aromatic rings. The highest BCUT2D eigenvalue weighted by molar-refractivity contribution is 6.17. The first-order chi connectivity index (χ1) is 16.3. The van der Waals surface area contributed by atoms with Gasteiger partial charge in [-0.15, -0.1) is 11.6 Å². The Hall–Kier alpha value is -1.32. The third-order valence-corrected chi connectivity index (χ3v) is 6.86. The molecule has 0 aliphatic carbocycles. The molecule has 4 heteroatoms. The third-order valence-electron chi connectivity index (χ3n) is 6.59. The van der Waals surface area contributed by atoms with Crippen molar-refractivity contribution in [1.82, 2.24) is 9.80 Å². The molecule has 1 saturated heterocycles. The zero-order chi connectivity index (χ0) is 25.2. The number of hydrogen-bond acceptors (Lipinski definition) is 2. The maximum Gasteiger partial charge on any atom is 0.222 e. The fourth-order valence-corrected chi connectivity index (χ4v) is 4.43. The molecule has 0 unspecified atom stereocenters. The Morgan fingerprint density at radius 1 is 0.676 bits per heavy atom. The van der Waals surface area contributed by atoms with Crippen LogP contribution in [0.2, 0.25) is 0 Å². The minimum atomic E-state index is 0.310. The zero-order valence-corrected chi connectivity index (χ0v) is 23.6. The van der Waals surface area contributed by atoms with Crippen molar-refractivity contribution < 1.29 is 4.79 Å². The smallest absolute Gasteiger partial charge is 0.222 e.